The van der Waals surface area contributed by atoms with Crippen LogP contribution in [-0.2, 0) is 6.54 Å². The molecule has 0 radical (unpaired) electrons. The molecule has 0 amide bonds. The first-order valence-electron chi connectivity index (χ1n) is 5.57. The summed E-state index contributed by atoms with van der Waals surface area (Å²) in [6, 6.07) is 3.83. The SMILES string of the molecule is CCCN(Cc1ccc(Cl)nc1)/C(=N/C)SC. The van der Waals surface area contributed by atoms with Crippen molar-refractivity contribution < 1.29 is 0 Å². The zero-order chi connectivity index (χ0) is 12.7. The highest BCUT2D eigenvalue weighted by Gasteiger charge is 2.09. The molecule has 0 saturated heterocycles. The molecule has 1 rings (SSSR count). The van der Waals surface area contributed by atoms with E-state index in [0.717, 1.165) is 30.2 Å². The van der Waals surface area contributed by atoms with Gasteiger partial charge in [0.2, 0.25) is 0 Å². The zero-order valence-corrected chi connectivity index (χ0v) is 12.1. The van der Waals surface area contributed by atoms with Gasteiger partial charge in [0.1, 0.15) is 5.15 Å². The van der Waals surface area contributed by atoms with Crippen molar-refractivity contribution in [3.8, 4) is 0 Å². The normalized spacial score (nSPS) is 11.6. The van der Waals surface area contributed by atoms with Crippen molar-refractivity contribution in [3.63, 3.8) is 0 Å². The Bertz CT molecular complexity index is 365. The third-order valence-electron chi connectivity index (χ3n) is 2.30. The fraction of sp³-hybridized carbons (Fsp3) is 0.500. The third kappa shape index (κ3) is 4.56. The molecule has 0 unspecified atom stereocenters. The van der Waals surface area contributed by atoms with Gasteiger partial charge in [0.05, 0.1) is 0 Å². The minimum Gasteiger partial charge on any atom is -0.347 e. The topological polar surface area (TPSA) is 28.5 Å². The molecule has 3 nitrogen and oxygen atoms in total. The second-order valence-corrected chi connectivity index (χ2v) is 4.78. The molecule has 0 N–H and O–H groups in total. The van der Waals surface area contributed by atoms with Crippen LogP contribution in [0.1, 0.15) is 18.9 Å². The summed E-state index contributed by atoms with van der Waals surface area (Å²) in [5.74, 6) is 0. The van der Waals surface area contributed by atoms with Gasteiger partial charge in [0.25, 0.3) is 0 Å². The summed E-state index contributed by atoms with van der Waals surface area (Å²) >= 11 is 7.44. The van der Waals surface area contributed by atoms with Crippen LogP contribution >= 0.6 is 23.4 Å². The largest absolute Gasteiger partial charge is 0.347 e. The molecule has 0 atom stereocenters. The van der Waals surface area contributed by atoms with Crippen molar-refractivity contribution in [2.45, 2.75) is 19.9 Å². The van der Waals surface area contributed by atoms with E-state index < -0.39 is 0 Å². The first-order chi connectivity index (χ1) is 8.21. The van der Waals surface area contributed by atoms with Crippen LogP contribution in [0.4, 0.5) is 0 Å². The molecule has 1 aromatic heterocycles. The van der Waals surface area contributed by atoms with Gasteiger partial charge in [-0.05, 0) is 24.3 Å². The Balaban J connectivity index is 2.75. The van der Waals surface area contributed by atoms with E-state index in [-0.39, 0.29) is 0 Å². The monoisotopic (exact) mass is 271 g/mol. The Morgan fingerprint density at radius 2 is 2.29 bits per heavy atom. The van der Waals surface area contributed by atoms with E-state index in [1.165, 1.54) is 0 Å². The summed E-state index contributed by atoms with van der Waals surface area (Å²) in [5, 5.41) is 1.59. The minimum atomic E-state index is 0.532. The molecule has 0 saturated carbocycles. The first kappa shape index (κ1) is 14.3. The van der Waals surface area contributed by atoms with E-state index >= 15 is 0 Å². The molecule has 0 bridgehead atoms. The van der Waals surface area contributed by atoms with Crippen LogP contribution in [0.15, 0.2) is 23.3 Å². The average molecular weight is 272 g/mol. The molecule has 1 heterocycles. The molecule has 0 fully saturated rings. The van der Waals surface area contributed by atoms with Gasteiger partial charge in [-0.3, -0.25) is 4.99 Å². The molecule has 0 aromatic carbocycles. The molecule has 5 heteroatoms. The molecule has 0 aliphatic heterocycles. The van der Waals surface area contributed by atoms with Gasteiger partial charge in [-0.2, -0.15) is 0 Å². The smallest absolute Gasteiger partial charge is 0.158 e. The molecular weight excluding hydrogens is 254 g/mol. The maximum Gasteiger partial charge on any atom is 0.158 e. The number of thioether (sulfide) groups is 1. The van der Waals surface area contributed by atoms with Crippen LogP contribution in [0.3, 0.4) is 0 Å². The Kier molecular flexibility index (Phi) is 6.37. The van der Waals surface area contributed by atoms with Crippen LogP contribution < -0.4 is 0 Å². The molecule has 1 aromatic rings. The lowest BCUT2D eigenvalue weighted by Crippen LogP contribution is -2.29. The maximum atomic E-state index is 5.77. The fourth-order valence-corrected chi connectivity index (χ4v) is 2.30. The van der Waals surface area contributed by atoms with E-state index in [4.69, 9.17) is 11.6 Å². The number of halogens is 1. The number of rotatable bonds is 4. The van der Waals surface area contributed by atoms with E-state index in [2.05, 4.69) is 21.8 Å². The fourth-order valence-electron chi connectivity index (χ4n) is 1.59. The summed E-state index contributed by atoms with van der Waals surface area (Å²) in [7, 11) is 1.83. The average Bonchev–Trinajstić information content (AvgIpc) is 2.34. The predicted molar refractivity (Wildman–Crippen MR) is 76.8 cm³/mol. The highest BCUT2D eigenvalue weighted by atomic mass is 35.5. The summed E-state index contributed by atoms with van der Waals surface area (Å²) < 4.78 is 0. The number of aliphatic imine (C=N–C) groups is 1. The lowest BCUT2D eigenvalue weighted by atomic mass is 10.2. The Morgan fingerprint density at radius 1 is 1.53 bits per heavy atom. The number of amidine groups is 1. The van der Waals surface area contributed by atoms with Crippen molar-refractivity contribution in [2.24, 2.45) is 4.99 Å². The van der Waals surface area contributed by atoms with Crippen LogP contribution in [0.5, 0.6) is 0 Å². The van der Waals surface area contributed by atoms with Gasteiger partial charge in [-0.15, -0.1) is 0 Å². The predicted octanol–water partition coefficient (Wildman–Crippen LogP) is 3.30. The van der Waals surface area contributed by atoms with Crippen molar-refractivity contribution in [3.05, 3.63) is 29.0 Å². The minimum absolute atomic E-state index is 0.532. The second-order valence-electron chi connectivity index (χ2n) is 3.62. The standard InChI is InChI=1S/C12H18ClN3S/c1-4-7-16(12(14-2)17-3)9-10-5-6-11(13)15-8-10/h5-6,8H,4,7,9H2,1-3H3/b14-12-. The maximum absolute atomic E-state index is 5.77. The quantitative estimate of drug-likeness (QED) is 0.478. The molecule has 0 aliphatic rings. The van der Waals surface area contributed by atoms with Crippen molar-refractivity contribution >= 4 is 28.5 Å². The van der Waals surface area contributed by atoms with Gasteiger partial charge >= 0.3 is 0 Å². The molecular formula is C12H18ClN3S. The summed E-state index contributed by atoms with van der Waals surface area (Å²) in [6.07, 6.45) is 4.96. The lowest BCUT2D eigenvalue weighted by molar-refractivity contribution is 0.419. The second kappa shape index (κ2) is 7.56. The Hall–Kier alpha value is -0.740. The van der Waals surface area contributed by atoms with Crippen LogP contribution in [0.2, 0.25) is 5.15 Å². The van der Waals surface area contributed by atoms with Crippen molar-refractivity contribution in [2.75, 3.05) is 19.8 Å². The van der Waals surface area contributed by atoms with Crippen LogP contribution in [0.25, 0.3) is 0 Å². The number of aromatic nitrogens is 1. The van der Waals surface area contributed by atoms with E-state index in [9.17, 15) is 0 Å². The van der Waals surface area contributed by atoms with Gasteiger partial charge in [-0.25, -0.2) is 4.98 Å². The van der Waals surface area contributed by atoms with Crippen LogP contribution in [-0.4, -0.2) is 34.9 Å². The van der Waals surface area contributed by atoms with Crippen molar-refractivity contribution in [1.29, 1.82) is 0 Å². The van der Waals surface area contributed by atoms with E-state index in [1.54, 1.807) is 11.8 Å². The summed E-state index contributed by atoms with van der Waals surface area (Å²) in [4.78, 5) is 10.7. The zero-order valence-electron chi connectivity index (χ0n) is 10.5. The van der Waals surface area contributed by atoms with Crippen LogP contribution in [0, 0.1) is 0 Å². The number of nitrogens with zero attached hydrogens (tertiary/aromatic N) is 3. The van der Waals surface area contributed by atoms with Gasteiger partial charge in [0.15, 0.2) is 5.17 Å². The summed E-state index contributed by atoms with van der Waals surface area (Å²) in [6.45, 7) is 3.99. The van der Waals surface area contributed by atoms with E-state index in [1.807, 2.05) is 31.6 Å². The summed E-state index contributed by atoms with van der Waals surface area (Å²) in [5.41, 5.74) is 1.15. The number of pyridine rings is 1. The van der Waals surface area contributed by atoms with Gasteiger partial charge in [-0.1, -0.05) is 36.4 Å². The van der Waals surface area contributed by atoms with Gasteiger partial charge < -0.3 is 4.90 Å². The molecule has 94 valence electrons. The highest BCUT2D eigenvalue weighted by molar-refractivity contribution is 8.13. The number of hydrogen-bond donors (Lipinski definition) is 0. The Labute approximate surface area is 112 Å². The lowest BCUT2D eigenvalue weighted by Gasteiger charge is -2.24. The van der Waals surface area contributed by atoms with E-state index in [0.29, 0.717) is 5.15 Å². The molecule has 0 spiro atoms. The number of hydrogen-bond acceptors (Lipinski definition) is 3. The van der Waals surface area contributed by atoms with Gasteiger partial charge in [0, 0.05) is 26.3 Å². The Morgan fingerprint density at radius 3 is 2.76 bits per heavy atom. The molecule has 0 aliphatic carbocycles. The van der Waals surface area contributed by atoms with Crippen molar-refractivity contribution in [1.82, 2.24) is 9.88 Å². The molecule has 17 heavy (non-hydrogen) atoms. The highest BCUT2D eigenvalue weighted by Crippen LogP contribution is 2.12. The first-order valence-corrected chi connectivity index (χ1v) is 7.17. The third-order valence-corrected chi connectivity index (χ3v) is 3.33.